The van der Waals surface area contributed by atoms with Crippen molar-refractivity contribution >= 4 is 11.5 Å². The number of halogens is 1. The number of pyridine rings is 2. The van der Waals surface area contributed by atoms with Crippen LogP contribution in [0, 0.1) is 12.7 Å². The van der Waals surface area contributed by atoms with Crippen molar-refractivity contribution in [1.82, 2.24) is 19.9 Å². The SMILES string of the molecule is Cc1ccc(NC(O)CN(C)c2nc(-c3ccc(F)cn3)nc3c2CCC3)cn1. The first-order chi connectivity index (χ1) is 14.0. The quantitative estimate of drug-likeness (QED) is 0.622. The summed E-state index contributed by atoms with van der Waals surface area (Å²) in [6, 6.07) is 6.70. The number of hydrogen-bond donors (Lipinski definition) is 2. The zero-order valence-electron chi connectivity index (χ0n) is 16.4. The van der Waals surface area contributed by atoms with Crippen LogP contribution in [0.15, 0.2) is 36.7 Å². The standard InChI is InChI=1S/C21H23FN6O/c1-13-6-8-15(11-23-13)25-19(29)12-28(2)21-16-4-3-5-17(16)26-20(27-21)18-9-7-14(22)10-24-18/h6-11,19,25,29H,3-5,12H2,1-2H3. The highest BCUT2D eigenvalue weighted by Gasteiger charge is 2.23. The van der Waals surface area contributed by atoms with E-state index in [2.05, 4.69) is 20.3 Å². The van der Waals surface area contributed by atoms with Crippen LogP contribution >= 0.6 is 0 Å². The number of nitrogens with zero attached hydrogens (tertiary/aromatic N) is 5. The zero-order chi connectivity index (χ0) is 20.4. The Balaban J connectivity index is 1.56. The Hall–Kier alpha value is -3.13. The summed E-state index contributed by atoms with van der Waals surface area (Å²) in [5.41, 5.74) is 4.29. The fraction of sp³-hybridized carbons (Fsp3) is 0.333. The molecule has 3 heterocycles. The molecule has 150 valence electrons. The number of fused-ring (bicyclic) bond motifs is 1. The molecule has 0 saturated heterocycles. The van der Waals surface area contributed by atoms with Gasteiger partial charge < -0.3 is 15.3 Å². The molecule has 0 fully saturated rings. The van der Waals surface area contributed by atoms with Crippen molar-refractivity contribution in [3.05, 3.63) is 59.4 Å². The first kappa shape index (κ1) is 19.2. The van der Waals surface area contributed by atoms with Gasteiger partial charge in [-0.1, -0.05) is 0 Å². The Morgan fingerprint density at radius 3 is 2.72 bits per heavy atom. The first-order valence-electron chi connectivity index (χ1n) is 9.60. The van der Waals surface area contributed by atoms with E-state index < -0.39 is 12.0 Å². The molecule has 0 amide bonds. The first-order valence-corrected chi connectivity index (χ1v) is 9.60. The summed E-state index contributed by atoms with van der Waals surface area (Å²) in [6.45, 7) is 2.24. The molecule has 29 heavy (non-hydrogen) atoms. The highest BCUT2D eigenvalue weighted by molar-refractivity contribution is 5.59. The minimum atomic E-state index is -0.802. The Kier molecular flexibility index (Phi) is 5.35. The molecule has 0 aromatic carbocycles. The molecule has 3 aromatic rings. The molecule has 0 saturated carbocycles. The molecule has 1 aliphatic carbocycles. The van der Waals surface area contributed by atoms with Gasteiger partial charge in [0.05, 0.1) is 24.6 Å². The van der Waals surface area contributed by atoms with E-state index in [0.717, 1.165) is 47.7 Å². The molecule has 8 heteroatoms. The van der Waals surface area contributed by atoms with Crippen molar-refractivity contribution in [3.63, 3.8) is 0 Å². The average molecular weight is 394 g/mol. The Morgan fingerprint density at radius 2 is 2.00 bits per heavy atom. The van der Waals surface area contributed by atoms with E-state index in [1.54, 1.807) is 12.3 Å². The van der Waals surface area contributed by atoms with Crippen LogP contribution < -0.4 is 10.2 Å². The third-order valence-corrected chi connectivity index (χ3v) is 4.92. The summed E-state index contributed by atoms with van der Waals surface area (Å²) >= 11 is 0. The number of anilines is 2. The van der Waals surface area contributed by atoms with E-state index in [4.69, 9.17) is 4.98 Å². The van der Waals surface area contributed by atoms with Gasteiger partial charge in [0.1, 0.15) is 23.6 Å². The summed E-state index contributed by atoms with van der Waals surface area (Å²) in [5.74, 6) is 0.848. The Morgan fingerprint density at radius 1 is 1.14 bits per heavy atom. The summed E-state index contributed by atoms with van der Waals surface area (Å²) in [5, 5.41) is 13.5. The molecule has 3 aromatic heterocycles. The maximum Gasteiger partial charge on any atom is 0.180 e. The number of aryl methyl sites for hydroxylation is 2. The summed E-state index contributed by atoms with van der Waals surface area (Å²) in [7, 11) is 1.89. The second-order valence-electron chi connectivity index (χ2n) is 7.24. The van der Waals surface area contributed by atoms with Gasteiger partial charge in [0, 0.05) is 24.0 Å². The van der Waals surface area contributed by atoms with Gasteiger partial charge in [-0.2, -0.15) is 0 Å². The molecule has 0 bridgehead atoms. The molecule has 2 N–H and O–H groups in total. The van der Waals surface area contributed by atoms with E-state index in [1.165, 1.54) is 12.3 Å². The molecular formula is C21H23FN6O. The lowest BCUT2D eigenvalue weighted by Gasteiger charge is -2.25. The van der Waals surface area contributed by atoms with E-state index in [-0.39, 0.29) is 0 Å². The molecular weight excluding hydrogens is 371 g/mol. The van der Waals surface area contributed by atoms with Crippen LogP contribution in [0.25, 0.3) is 11.5 Å². The molecule has 0 aliphatic heterocycles. The van der Waals surface area contributed by atoms with E-state index in [9.17, 15) is 9.50 Å². The maximum absolute atomic E-state index is 13.2. The second kappa shape index (κ2) is 8.08. The van der Waals surface area contributed by atoms with Crippen LogP contribution in [0.2, 0.25) is 0 Å². The van der Waals surface area contributed by atoms with Gasteiger partial charge in [0.15, 0.2) is 5.82 Å². The zero-order valence-corrected chi connectivity index (χ0v) is 16.4. The fourth-order valence-corrected chi connectivity index (χ4v) is 3.49. The van der Waals surface area contributed by atoms with E-state index >= 15 is 0 Å². The van der Waals surface area contributed by atoms with Crippen molar-refractivity contribution in [3.8, 4) is 11.5 Å². The number of rotatable bonds is 6. The number of aliphatic hydroxyl groups excluding tert-OH is 1. The topological polar surface area (TPSA) is 87.1 Å². The Labute approximate surface area is 168 Å². The fourth-order valence-electron chi connectivity index (χ4n) is 3.49. The summed E-state index contributed by atoms with van der Waals surface area (Å²) in [6.07, 6.45) is 4.85. The van der Waals surface area contributed by atoms with E-state index in [1.807, 2.05) is 31.0 Å². The van der Waals surface area contributed by atoms with Gasteiger partial charge >= 0.3 is 0 Å². The van der Waals surface area contributed by atoms with E-state index in [0.29, 0.717) is 18.1 Å². The Bertz CT molecular complexity index is 993. The highest BCUT2D eigenvalue weighted by Crippen LogP contribution is 2.30. The lowest BCUT2D eigenvalue weighted by Crippen LogP contribution is -2.35. The van der Waals surface area contributed by atoms with Crippen molar-refractivity contribution in [2.45, 2.75) is 32.4 Å². The van der Waals surface area contributed by atoms with Crippen molar-refractivity contribution in [2.75, 3.05) is 23.8 Å². The lowest BCUT2D eigenvalue weighted by molar-refractivity contribution is 0.210. The van der Waals surface area contributed by atoms with Crippen LogP contribution in [0.1, 0.15) is 23.4 Å². The largest absolute Gasteiger partial charge is 0.372 e. The van der Waals surface area contributed by atoms with Gasteiger partial charge in [-0.05, 0) is 50.5 Å². The van der Waals surface area contributed by atoms with Crippen LogP contribution in [0.3, 0.4) is 0 Å². The van der Waals surface area contributed by atoms with Gasteiger partial charge in [0.25, 0.3) is 0 Å². The molecule has 1 atom stereocenters. The average Bonchev–Trinajstić information content (AvgIpc) is 3.18. The third kappa shape index (κ3) is 4.32. The normalized spacial score (nSPS) is 13.8. The van der Waals surface area contributed by atoms with Gasteiger partial charge in [-0.3, -0.25) is 4.98 Å². The van der Waals surface area contributed by atoms with Gasteiger partial charge in [-0.25, -0.2) is 19.3 Å². The summed E-state index contributed by atoms with van der Waals surface area (Å²) < 4.78 is 13.2. The van der Waals surface area contributed by atoms with Crippen molar-refractivity contribution in [2.24, 2.45) is 0 Å². The molecule has 0 spiro atoms. The van der Waals surface area contributed by atoms with Crippen LogP contribution in [0.4, 0.5) is 15.9 Å². The minimum absolute atomic E-state index is 0.327. The number of aliphatic hydroxyl groups is 1. The van der Waals surface area contributed by atoms with Crippen LogP contribution in [-0.4, -0.2) is 44.9 Å². The molecule has 1 unspecified atom stereocenters. The highest BCUT2D eigenvalue weighted by atomic mass is 19.1. The number of nitrogens with one attached hydrogen (secondary N) is 1. The molecule has 1 aliphatic rings. The molecule has 7 nitrogen and oxygen atoms in total. The maximum atomic E-state index is 13.2. The number of likely N-dealkylation sites (N-methyl/N-ethyl adjacent to an activating group) is 1. The number of hydrogen-bond acceptors (Lipinski definition) is 7. The second-order valence-corrected chi connectivity index (χ2v) is 7.24. The minimum Gasteiger partial charge on any atom is -0.372 e. The van der Waals surface area contributed by atoms with Gasteiger partial charge in [-0.15, -0.1) is 0 Å². The molecule has 4 rings (SSSR count). The van der Waals surface area contributed by atoms with Crippen LogP contribution in [0.5, 0.6) is 0 Å². The number of aromatic nitrogens is 4. The predicted octanol–water partition coefficient (Wildman–Crippen LogP) is 2.74. The van der Waals surface area contributed by atoms with Gasteiger partial charge in [0.2, 0.25) is 0 Å². The summed E-state index contributed by atoms with van der Waals surface area (Å²) in [4.78, 5) is 19.6. The molecule has 0 radical (unpaired) electrons. The van der Waals surface area contributed by atoms with Crippen LogP contribution in [-0.2, 0) is 12.8 Å². The van der Waals surface area contributed by atoms with Crippen molar-refractivity contribution < 1.29 is 9.50 Å². The predicted molar refractivity (Wildman–Crippen MR) is 109 cm³/mol. The smallest absolute Gasteiger partial charge is 0.180 e. The lowest BCUT2D eigenvalue weighted by atomic mass is 10.2. The van der Waals surface area contributed by atoms with Crippen molar-refractivity contribution in [1.29, 1.82) is 0 Å². The monoisotopic (exact) mass is 394 g/mol. The third-order valence-electron chi connectivity index (χ3n) is 4.92.